The van der Waals surface area contributed by atoms with Crippen LogP contribution < -0.4 is 5.48 Å². The Morgan fingerprint density at radius 3 is 2.46 bits per heavy atom. The quantitative estimate of drug-likeness (QED) is 0.381. The van der Waals surface area contributed by atoms with Gasteiger partial charge in [0.05, 0.1) is 19.6 Å². The van der Waals surface area contributed by atoms with Gasteiger partial charge in [0.1, 0.15) is 5.54 Å². The van der Waals surface area contributed by atoms with Crippen LogP contribution in [0.1, 0.15) is 20.3 Å². The maximum atomic E-state index is 11.1. The second-order valence-electron chi connectivity index (χ2n) is 3.72. The number of rotatable bonds is 5. The van der Waals surface area contributed by atoms with E-state index in [1.165, 1.54) is 7.11 Å². The monoisotopic (exact) mass is 192 g/mol. The Morgan fingerprint density at radius 1 is 1.62 bits per heavy atom. The molecule has 0 aromatic carbocycles. The van der Waals surface area contributed by atoms with Crippen molar-refractivity contribution >= 4 is 5.97 Å². The number of hydrogen-bond donors (Lipinski definition) is 3. The van der Waals surface area contributed by atoms with E-state index in [2.05, 4.69) is 4.74 Å². The van der Waals surface area contributed by atoms with E-state index in [1.807, 2.05) is 0 Å². The van der Waals surface area contributed by atoms with Crippen LogP contribution in [0.5, 0.6) is 0 Å². The molecule has 78 valence electrons. The molecule has 0 heterocycles. The Hall–Kier alpha value is -0.650. The number of ether oxygens (including phenoxy) is 1. The minimum Gasteiger partial charge on any atom is -0.469 e. The van der Waals surface area contributed by atoms with Crippen molar-refractivity contribution in [2.75, 3.05) is 13.7 Å². The second kappa shape index (κ2) is 5.16. The molecular weight excluding hydrogens is 174 g/mol. The van der Waals surface area contributed by atoms with Crippen molar-refractivity contribution in [1.29, 1.82) is 0 Å². The lowest BCUT2D eigenvalue weighted by atomic mass is 9.92. The Labute approximate surface area is 77.7 Å². The van der Waals surface area contributed by atoms with Gasteiger partial charge in [-0.1, -0.05) is 0 Å². The molecule has 0 rings (SSSR count). The van der Waals surface area contributed by atoms with Crippen molar-refractivity contribution in [3.63, 3.8) is 0 Å². The maximum Gasteiger partial charge on any atom is 0.311 e. The molecule has 0 aliphatic rings. The molecule has 0 aromatic heterocycles. The van der Waals surface area contributed by atoms with Crippen molar-refractivity contribution in [2.45, 2.75) is 25.8 Å². The van der Waals surface area contributed by atoms with Crippen LogP contribution in [0.3, 0.4) is 0 Å². The predicted octanol–water partition coefficient (Wildman–Crippen LogP) is -1.11. The van der Waals surface area contributed by atoms with Gasteiger partial charge in [-0.2, -0.15) is 5.48 Å². The van der Waals surface area contributed by atoms with Gasteiger partial charge in [0.25, 0.3) is 0 Å². The number of methoxy groups -OCH3 is 1. The Kier molecular flexibility index (Phi) is 4.90. The predicted molar refractivity (Wildman–Crippen MR) is 45.0 cm³/mol. The summed E-state index contributed by atoms with van der Waals surface area (Å²) >= 11 is 0. The number of carbonyl (C=O) groups excluding carboxylic acids is 1. The summed E-state index contributed by atoms with van der Waals surface area (Å²) in [4.78, 5) is 11.1. The molecule has 0 spiro atoms. The highest BCUT2D eigenvalue weighted by molar-refractivity contribution is 5.72. The first-order chi connectivity index (χ1) is 5.96. The lowest BCUT2D eigenvalue weighted by molar-refractivity contribution is -0.932. The number of hydroxylamine groups is 1. The molecule has 0 bridgehead atoms. The number of esters is 1. The summed E-state index contributed by atoms with van der Waals surface area (Å²) in [6, 6.07) is 0. The molecule has 0 aliphatic heterocycles. The van der Waals surface area contributed by atoms with Gasteiger partial charge in [-0.05, 0) is 13.8 Å². The molecule has 5 heteroatoms. The van der Waals surface area contributed by atoms with E-state index >= 15 is 0 Å². The van der Waals surface area contributed by atoms with Gasteiger partial charge in [0.15, 0.2) is 0 Å². The molecule has 0 saturated carbocycles. The van der Waals surface area contributed by atoms with Crippen LogP contribution >= 0.6 is 0 Å². The highest BCUT2D eigenvalue weighted by atomic mass is 16.5. The Balaban J connectivity index is 4.20. The highest BCUT2D eigenvalue weighted by Gasteiger charge is 2.30. The standard InChI is InChI=1S/C8H17NO4/c1-8(2,9-12)4-6(5-10)7(11)13-3/h6,9-10,12H,4-5H2,1-3H3/p+1. The lowest BCUT2D eigenvalue weighted by Gasteiger charge is -2.22. The van der Waals surface area contributed by atoms with Gasteiger partial charge in [0, 0.05) is 6.42 Å². The first-order valence-corrected chi connectivity index (χ1v) is 4.14. The van der Waals surface area contributed by atoms with E-state index in [-0.39, 0.29) is 6.61 Å². The van der Waals surface area contributed by atoms with Crippen molar-refractivity contribution in [3.05, 3.63) is 0 Å². The minimum atomic E-state index is -0.566. The normalized spacial score (nSPS) is 13.9. The fourth-order valence-electron chi connectivity index (χ4n) is 1.08. The van der Waals surface area contributed by atoms with Crippen LogP contribution in [-0.4, -0.2) is 35.5 Å². The molecule has 1 atom stereocenters. The summed E-state index contributed by atoms with van der Waals surface area (Å²) in [6.07, 6.45) is 0.368. The van der Waals surface area contributed by atoms with Crippen LogP contribution in [0.2, 0.25) is 0 Å². The number of carbonyl (C=O) groups is 1. The van der Waals surface area contributed by atoms with E-state index in [4.69, 9.17) is 10.3 Å². The van der Waals surface area contributed by atoms with Gasteiger partial charge >= 0.3 is 5.97 Å². The number of nitrogens with two attached hydrogens (primary N) is 1. The molecule has 13 heavy (non-hydrogen) atoms. The Bertz CT molecular complexity index is 170. The number of aliphatic hydroxyl groups excluding tert-OH is 1. The van der Waals surface area contributed by atoms with Crippen LogP contribution in [0.25, 0.3) is 0 Å². The van der Waals surface area contributed by atoms with Crippen molar-refractivity contribution < 1.29 is 25.3 Å². The lowest BCUT2D eigenvalue weighted by Crippen LogP contribution is -2.92. The second-order valence-corrected chi connectivity index (χ2v) is 3.72. The first-order valence-electron chi connectivity index (χ1n) is 4.14. The van der Waals surface area contributed by atoms with Gasteiger partial charge in [-0.25, -0.2) is 5.21 Å². The van der Waals surface area contributed by atoms with E-state index in [1.54, 1.807) is 13.8 Å². The van der Waals surface area contributed by atoms with E-state index in [0.29, 0.717) is 6.42 Å². The highest BCUT2D eigenvalue weighted by Crippen LogP contribution is 2.13. The average molecular weight is 192 g/mol. The molecule has 5 nitrogen and oxygen atoms in total. The smallest absolute Gasteiger partial charge is 0.311 e. The third-order valence-corrected chi connectivity index (χ3v) is 1.88. The summed E-state index contributed by atoms with van der Waals surface area (Å²) < 4.78 is 4.50. The van der Waals surface area contributed by atoms with Gasteiger partial charge < -0.3 is 9.84 Å². The largest absolute Gasteiger partial charge is 0.469 e. The topological polar surface area (TPSA) is 83.4 Å². The first kappa shape index (κ1) is 12.3. The summed E-state index contributed by atoms with van der Waals surface area (Å²) in [5.41, 5.74) is 0.542. The van der Waals surface area contributed by atoms with Gasteiger partial charge in [0.2, 0.25) is 0 Å². The van der Waals surface area contributed by atoms with E-state index in [0.717, 1.165) is 5.48 Å². The fourth-order valence-corrected chi connectivity index (χ4v) is 1.08. The molecule has 4 N–H and O–H groups in total. The SMILES string of the molecule is COC(=O)C(CO)CC(C)(C)[NH2+]O. The molecule has 1 unspecified atom stereocenters. The molecule has 0 amide bonds. The number of hydrogen-bond acceptors (Lipinski definition) is 4. The van der Waals surface area contributed by atoms with Crippen LogP contribution in [0, 0.1) is 5.92 Å². The van der Waals surface area contributed by atoms with Crippen LogP contribution in [0.4, 0.5) is 0 Å². The number of quaternary nitrogens is 1. The van der Waals surface area contributed by atoms with Crippen LogP contribution in [0.15, 0.2) is 0 Å². The van der Waals surface area contributed by atoms with Crippen molar-refractivity contribution in [3.8, 4) is 0 Å². The molecule has 0 aromatic rings. The van der Waals surface area contributed by atoms with Gasteiger partial charge in [-0.3, -0.25) is 4.79 Å². The molecule has 0 saturated heterocycles. The Morgan fingerprint density at radius 2 is 2.15 bits per heavy atom. The van der Waals surface area contributed by atoms with E-state index in [9.17, 15) is 4.79 Å². The summed E-state index contributed by atoms with van der Waals surface area (Å²) in [5, 5.41) is 17.7. The van der Waals surface area contributed by atoms with E-state index < -0.39 is 17.4 Å². The zero-order chi connectivity index (χ0) is 10.5. The minimum absolute atomic E-state index is 0.260. The molecular formula is C8H18NO4+. The summed E-state index contributed by atoms with van der Waals surface area (Å²) in [5.74, 6) is -1.01. The summed E-state index contributed by atoms with van der Waals surface area (Å²) in [7, 11) is 1.28. The average Bonchev–Trinajstić information content (AvgIpc) is 2.13. The third-order valence-electron chi connectivity index (χ3n) is 1.88. The number of aliphatic hydroxyl groups is 1. The fraction of sp³-hybridized carbons (Fsp3) is 0.875. The maximum absolute atomic E-state index is 11.1. The summed E-state index contributed by atoms with van der Waals surface area (Å²) in [6.45, 7) is 3.29. The van der Waals surface area contributed by atoms with Gasteiger partial charge in [-0.15, -0.1) is 0 Å². The van der Waals surface area contributed by atoms with Crippen molar-refractivity contribution in [2.24, 2.45) is 5.92 Å². The third kappa shape index (κ3) is 4.21. The van der Waals surface area contributed by atoms with Crippen LogP contribution in [-0.2, 0) is 9.53 Å². The van der Waals surface area contributed by atoms with Crippen molar-refractivity contribution in [1.82, 2.24) is 0 Å². The zero-order valence-electron chi connectivity index (χ0n) is 8.28. The molecule has 0 radical (unpaired) electrons. The molecule has 0 aliphatic carbocycles. The molecule has 0 fully saturated rings. The zero-order valence-corrected chi connectivity index (χ0v) is 8.28.